The van der Waals surface area contributed by atoms with Crippen LogP contribution in [0.5, 0.6) is 0 Å². The Morgan fingerprint density at radius 1 is 1.55 bits per heavy atom. The van der Waals surface area contributed by atoms with Crippen molar-refractivity contribution in [3.63, 3.8) is 0 Å². The third-order valence-electron chi connectivity index (χ3n) is 1.57. The minimum absolute atomic E-state index is 0.138. The largest absolute Gasteiger partial charge is 0.396 e. The number of fused-ring (bicyclic) bond motifs is 1. The molecular weight excluding hydrogens is 142 g/mol. The predicted octanol–water partition coefficient (Wildman–Crippen LogP) is 0.382. The lowest BCUT2D eigenvalue weighted by molar-refractivity contribution is 0.298. The fraction of sp³-hybridized carbons (Fsp3) is 0.286. The molecule has 2 N–H and O–H groups in total. The van der Waals surface area contributed by atoms with E-state index in [1.807, 2.05) is 6.08 Å². The number of nitrogens with zero attached hydrogens (tertiary/aromatic N) is 2. The second-order valence-corrected chi connectivity index (χ2v) is 2.36. The van der Waals surface area contributed by atoms with Gasteiger partial charge in [-0.25, -0.2) is 10.3 Å². The molecule has 0 unspecified atom stereocenters. The van der Waals surface area contributed by atoms with Crippen LogP contribution in [0, 0.1) is 0 Å². The molecule has 1 aliphatic heterocycles. The predicted molar refractivity (Wildman–Crippen MR) is 40.1 cm³/mol. The molecule has 1 aromatic heterocycles. The van der Waals surface area contributed by atoms with Crippen molar-refractivity contribution >= 4 is 11.9 Å². The number of nitrogens with one attached hydrogen (secondary N) is 1. The Balaban J connectivity index is 2.18. The van der Waals surface area contributed by atoms with E-state index in [1.165, 1.54) is 0 Å². The van der Waals surface area contributed by atoms with Crippen molar-refractivity contribution in [1.82, 2.24) is 15.3 Å². The van der Waals surface area contributed by atoms with E-state index < -0.39 is 0 Å². The first kappa shape index (κ1) is 6.42. The molecule has 0 fully saturated rings. The number of aliphatic hydroxyl groups is 1. The fourth-order valence-electron chi connectivity index (χ4n) is 1.07. The molecule has 1 aliphatic rings. The summed E-state index contributed by atoms with van der Waals surface area (Å²) >= 11 is 0. The highest BCUT2D eigenvalue weighted by atomic mass is 16.3. The van der Waals surface area contributed by atoms with Gasteiger partial charge in [0.15, 0.2) is 5.82 Å². The maximum absolute atomic E-state index is 8.61. The lowest BCUT2D eigenvalue weighted by atomic mass is 10.3. The number of hydrogen-bond acceptors (Lipinski definition) is 2. The zero-order valence-electron chi connectivity index (χ0n) is 5.91. The zero-order chi connectivity index (χ0) is 7.68. The standard InChI is InChI=1S/C7H8N3O/c11-2-1-5-3-6-7(10-5)9-4-8-6/h3-4,11H,1-2H2,(H,8,9). The smallest absolute Gasteiger partial charge is 0.157 e. The van der Waals surface area contributed by atoms with E-state index in [0.29, 0.717) is 6.42 Å². The average molecular weight is 150 g/mol. The van der Waals surface area contributed by atoms with Crippen molar-refractivity contribution < 1.29 is 5.11 Å². The SMILES string of the molecule is OCCC1=Cc2nc[nH]c2[N]1. The van der Waals surface area contributed by atoms with Crippen molar-refractivity contribution in [2.45, 2.75) is 6.42 Å². The summed E-state index contributed by atoms with van der Waals surface area (Å²) in [5.74, 6) is 0.799. The molecule has 2 heterocycles. The zero-order valence-corrected chi connectivity index (χ0v) is 5.91. The summed E-state index contributed by atoms with van der Waals surface area (Å²) in [6.45, 7) is 0.138. The molecule has 0 aromatic carbocycles. The normalized spacial score (nSPS) is 14.1. The Morgan fingerprint density at radius 2 is 2.45 bits per heavy atom. The highest BCUT2D eigenvalue weighted by Gasteiger charge is 2.14. The van der Waals surface area contributed by atoms with Crippen LogP contribution in [0.3, 0.4) is 0 Å². The molecule has 0 saturated heterocycles. The van der Waals surface area contributed by atoms with Crippen LogP contribution in [0.4, 0.5) is 5.82 Å². The number of hydrogen-bond donors (Lipinski definition) is 2. The van der Waals surface area contributed by atoms with Crippen LogP contribution in [-0.4, -0.2) is 21.7 Å². The van der Waals surface area contributed by atoms with Crippen LogP contribution >= 0.6 is 0 Å². The van der Waals surface area contributed by atoms with Gasteiger partial charge >= 0.3 is 0 Å². The molecule has 0 atom stereocenters. The topological polar surface area (TPSA) is 63.0 Å². The molecule has 11 heavy (non-hydrogen) atoms. The number of imidazole rings is 1. The van der Waals surface area contributed by atoms with Crippen LogP contribution < -0.4 is 5.32 Å². The summed E-state index contributed by atoms with van der Waals surface area (Å²) in [6.07, 6.45) is 4.09. The monoisotopic (exact) mass is 150 g/mol. The maximum atomic E-state index is 8.61. The molecule has 2 rings (SSSR count). The van der Waals surface area contributed by atoms with Gasteiger partial charge in [-0.15, -0.1) is 0 Å². The molecule has 0 spiro atoms. The first-order chi connectivity index (χ1) is 5.40. The fourth-order valence-corrected chi connectivity index (χ4v) is 1.07. The van der Waals surface area contributed by atoms with E-state index in [2.05, 4.69) is 15.3 Å². The molecule has 0 saturated carbocycles. The summed E-state index contributed by atoms with van der Waals surface area (Å²) in [7, 11) is 0. The van der Waals surface area contributed by atoms with Crippen LogP contribution in [0.2, 0.25) is 0 Å². The van der Waals surface area contributed by atoms with Crippen LogP contribution in [0.1, 0.15) is 12.1 Å². The Bertz CT molecular complexity index is 290. The Kier molecular flexibility index (Phi) is 1.40. The lowest BCUT2D eigenvalue weighted by Crippen LogP contribution is -1.95. The van der Waals surface area contributed by atoms with Crippen molar-refractivity contribution in [2.24, 2.45) is 0 Å². The lowest BCUT2D eigenvalue weighted by Gasteiger charge is -1.95. The molecule has 4 nitrogen and oxygen atoms in total. The van der Waals surface area contributed by atoms with E-state index in [9.17, 15) is 0 Å². The van der Waals surface area contributed by atoms with Gasteiger partial charge in [0.1, 0.15) is 5.69 Å². The minimum atomic E-state index is 0.138. The van der Waals surface area contributed by atoms with E-state index in [-0.39, 0.29) is 6.61 Å². The first-order valence-electron chi connectivity index (χ1n) is 3.46. The molecule has 1 aromatic rings. The van der Waals surface area contributed by atoms with Gasteiger partial charge < -0.3 is 10.1 Å². The number of aliphatic hydroxyl groups excluding tert-OH is 1. The van der Waals surface area contributed by atoms with Crippen LogP contribution in [0.15, 0.2) is 12.0 Å². The molecule has 0 amide bonds. The van der Waals surface area contributed by atoms with Gasteiger partial charge in [0, 0.05) is 18.7 Å². The van der Waals surface area contributed by atoms with Crippen molar-refractivity contribution in [2.75, 3.05) is 6.61 Å². The molecule has 4 heteroatoms. The van der Waals surface area contributed by atoms with Gasteiger partial charge in [0.25, 0.3) is 0 Å². The van der Waals surface area contributed by atoms with E-state index in [4.69, 9.17) is 5.11 Å². The van der Waals surface area contributed by atoms with Gasteiger partial charge in [-0.3, -0.25) is 0 Å². The summed E-state index contributed by atoms with van der Waals surface area (Å²) in [5, 5.41) is 12.8. The van der Waals surface area contributed by atoms with Crippen LogP contribution in [-0.2, 0) is 0 Å². The van der Waals surface area contributed by atoms with Gasteiger partial charge in [-0.05, 0) is 6.08 Å². The highest BCUT2D eigenvalue weighted by Crippen LogP contribution is 2.24. The number of aromatic nitrogens is 2. The third kappa shape index (κ3) is 1.01. The molecule has 57 valence electrons. The van der Waals surface area contributed by atoms with Gasteiger partial charge in [0.05, 0.1) is 6.33 Å². The second kappa shape index (κ2) is 2.39. The summed E-state index contributed by atoms with van der Waals surface area (Å²) in [5.41, 5.74) is 1.76. The maximum Gasteiger partial charge on any atom is 0.157 e. The van der Waals surface area contributed by atoms with Crippen molar-refractivity contribution in [3.05, 3.63) is 17.7 Å². The molecular formula is C7H8N3O. The Hall–Kier alpha value is -1.29. The summed E-state index contributed by atoms with van der Waals surface area (Å²) in [4.78, 5) is 6.92. The number of H-pyrrole nitrogens is 1. The van der Waals surface area contributed by atoms with Gasteiger partial charge in [-0.1, -0.05) is 0 Å². The van der Waals surface area contributed by atoms with E-state index >= 15 is 0 Å². The Morgan fingerprint density at radius 3 is 3.18 bits per heavy atom. The number of aromatic amines is 1. The Labute approximate surface area is 64.0 Å². The second-order valence-electron chi connectivity index (χ2n) is 2.36. The van der Waals surface area contributed by atoms with Crippen LogP contribution in [0.25, 0.3) is 6.08 Å². The van der Waals surface area contributed by atoms with E-state index in [1.54, 1.807) is 6.33 Å². The van der Waals surface area contributed by atoms with Crippen molar-refractivity contribution in [1.29, 1.82) is 0 Å². The molecule has 0 bridgehead atoms. The van der Waals surface area contributed by atoms with Gasteiger partial charge in [0.2, 0.25) is 0 Å². The third-order valence-corrected chi connectivity index (χ3v) is 1.57. The number of rotatable bonds is 2. The molecule has 1 radical (unpaired) electrons. The summed E-state index contributed by atoms with van der Waals surface area (Å²) < 4.78 is 0. The quantitative estimate of drug-likeness (QED) is 0.640. The minimum Gasteiger partial charge on any atom is -0.396 e. The highest BCUT2D eigenvalue weighted by molar-refractivity contribution is 5.65. The van der Waals surface area contributed by atoms with Crippen molar-refractivity contribution in [3.8, 4) is 0 Å². The van der Waals surface area contributed by atoms with Gasteiger partial charge in [-0.2, -0.15) is 0 Å². The average Bonchev–Trinajstić information content (AvgIpc) is 2.46. The molecule has 0 aliphatic carbocycles. The summed E-state index contributed by atoms with van der Waals surface area (Å²) in [6, 6.07) is 0. The van der Waals surface area contributed by atoms with E-state index in [0.717, 1.165) is 17.2 Å². The first-order valence-corrected chi connectivity index (χ1v) is 3.46.